The number of aryl methyl sites for hydroxylation is 1. The first-order valence-electron chi connectivity index (χ1n) is 5.80. The second-order valence-electron chi connectivity index (χ2n) is 4.08. The summed E-state index contributed by atoms with van der Waals surface area (Å²) in [7, 11) is 1.93. The quantitative estimate of drug-likeness (QED) is 0.496. The molecule has 4 N–H and O–H groups in total. The third-order valence-corrected chi connectivity index (χ3v) is 2.50. The fourth-order valence-corrected chi connectivity index (χ4v) is 1.41. The van der Waals surface area contributed by atoms with Crippen LogP contribution in [-0.4, -0.2) is 34.8 Å². The monoisotopic (exact) mass is 239 g/mol. The Labute approximate surface area is 102 Å². The van der Waals surface area contributed by atoms with Crippen molar-refractivity contribution in [1.82, 2.24) is 9.97 Å². The highest BCUT2D eigenvalue weighted by Gasteiger charge is 2.08. The number of hydrazine groups is 1. The summed E-state index contributed by atoms with van der Waals surface area (Å²) in [6.07, 6.45) is 1.15. The summed E-state index contributed by atoms with van der Waals surface area (Å²) in [5.41, 5.74) is 2.53. The van der Waals surface area contributed by atoms with Gasteiger partial charge in [0, 0.05) is 26.1 Å². The van der Waals surface area contributed by atoms with Crippen molar-refractivity contribution in [3.05, 3.63) is 11.9 Å². The maximum Gasteiger partial charge on any atom is 0.145 e. The zero-order valence-electron chi connectivity index (χ0n) is 10.6. The van der Waals surface area contributed by atoms with Gasteiger partial charge in [-0.1, -0.05) is 6.92 Å². The van der Waals surface area contributed by atoms with E-state index in [0.717, 1.165) is 24.6 Å². The lowest BCUT2D eigenvalue weighted by atomic mass is 10.3. The van der Waals surface area contributed by atoms with Gasteiger partial charge in [-0.05, 0) is 13.3 Å². The van der Waals surface area contributed by atoms with E-state index in [4.69, 9.17) is 5.84 Å². The van der Waals surface area contributed by atoms with E-state index in [1.54, 1.807) is 13.0 Å². The Bertz CT molecular complexity index is 333. The molecule has 1 rings (SSSR count). The van der Waals surface area contributed by atoms with Crippen molar-refractivity contribution < 1.29 is 5.11 Å². The van der Waals surface area contributed by atoms with Crippen molar-refractivity contribution in [1.29, 1.82) is 0 Å². The molecule has 1 aromatic rings. The minimum Gasteiger partial charge on any atom is -0.393 e. The molecular formula is C11H21N5O. The predicted octanol–water partition coefficient (Wildman–Crippen LogP) is 0.532. The van der Waals surface area contributed by atoms with Gasteiger partial charge in [0.2, 0.25) is 0 Å². The molecule has 17 heavy (non-hydrogen) atoms. The van der Waals surface area contributed by atoms with Crippen LogP contribution < -0.4 is 16.2 Å². The van der Waals surface area contributed by atoms with E-state index in [9.17, 15) is 5.11 Å². The standard InChI is InChI=1S/C11H21N5O/c1-4-9-13-10(15-12)7-11(14-9)16(3)6-5-8(2)17/h7-8,17H,4-6,12H2,1-3H3,(H,13,14,15). The number of aliphatic hydroxyl groups is 1. The first kappa shape index (κ1) is 13.7. The molecule has 0 saturated carbocycles. The van der Waals surface area contributed by atoms with Crippen LogP contribution in [-0.2, 0) is 6.42 Å². The van der Waals surface area contributed by atoms with Crippen molar-refractivity contribution in [2.24, 2.45) is 5.84 Å². The second-order valence-corrected chi connectivity index (χ2v) is 4.08. The highest BCUT2D eigenvalue weighted by Crippen LogP contribution is 2.15. The molecule has 0 spiro atoms. The van der Waals surface area contributed by atoms with Crippen molar-refractivity contribution in [2.45, 2.75) is 32.8 Å². The second kappa shape index (κ2) is 6.36. The van der Waals surface area contributed by atoms with Crippen LogP contribution in [0.3, 0.4) is 0 Å². The number of hydrogen-bond donors (Lipinski definition) is 3. The van der Waals surface area contributed by atoms with E-state index in [1.807, 2.05) is 18.9 Å². The third-order valence-electron chi connectivity index (χ3n) is 2.50. The first-order valence-corrected chi connectivity index (χ1v) is 5.80. The average Bonchev–Trinajstić information content (AvgIpc) is 2.34. The summed E-state index contributed by atoms with van der Waals surface area (Å²) >= 11 is 0. The van der Waals surface area contributed by atoms with Gasteiger partial charge in [0.1, 0.15) is 17.5 Å². The Balaban J connectivity index is 2.80. The molecule has 0 saturated heterocycles. The Hall–Kier alpha value is -1.40. The smallest absolute Gasteiger partial charge is 0.145 e. The van der Waals surface area contributed by atoms with Crippen LogP contribution in [0.5, 0.6) is 0 Å². The predicted molar refractivity (Wildman–Crippen MR) is 68.8 cm³/mol. The van der Waals surface area contributed by atoms with Gasteiger partial charge in [0.25, 0.3) is 0 Å². The van der Waals surface area contributed by atoms with Crippen LogP contribution in [0.25, 0.3) is 0 Å². The number of nitrogens with one attached hydrogen (secondary N) is 1. The number of aliphatic hydroxyl groups excluding tert-OH is 1. The van der Waals surface area contributed by atoms with E-state index in [1.165, 1.54) is 0 Å². The van der Waals surface area contributed by atoms with Crippen molar-refractivity contribution in [3.63, 3.8) is 0 Å². The van der Waals surface area contributed by atoms with Gasteiger partial charge in [0.05, 0.1) is 6.10 Å². The van der Waals surface area contributed by atoms with Crippen LogP contribution >= 0.6 is 0 Å². The molecule has 1 aromatic heterocycles. The Morgan fingerprint density at radius 1 is 1.53 bits per heavy atom. The normalized spacial score (nSPS) is 12.3. The van der Waals surface area contributed by atoms with Gasteiger partial charge in [-0.3, -0.25) is 0 Å². The van der Waals surface area contributed by atoms with Gasteiger partial charge in [-0.15, -0.1) is 0 Å². The highest BCUT2D eigenvalue weighted by molar-refractivity contribution is 5.48. The molecule has 0 aliphatic rings. The molecule has 96 valence electrons. The zero-order chi connectivity index (χ0) is 12.8. The maximum absolute atomic E-state index is 9.26. The molecule has 0 aliphatic carbocycles. The highest BCUT2D eigenvalue weighted by atomic mass is 16.3. The number of nitrogens with two attached hydrogens (primary N) is 1. The van der Waals surface area contributed by atoms with Crippen LogP contribution in [0.15, 0.2) is 6.07 Å². The van der Waals surface area contributed by atoms with Crippen molar-refractivity contribution in [3.8, 4) is 0 Å². The molecule has 0 radical (unpaired) electrons. The number of nitrogens with zero attached hydrogens (tertiary/aromatic N) is 3. The molecule has 6 heteroatoms. The molecule has 1 unspecified atom stereocenters. The fourth-order valence-electron chi connectivity index (χ4n) is 1.41. The lowest BCUT2D eigenvalue weighted by Gasteiger charge is -2.20. The topological polar surface area (TPSA) is 87.3 Å². The summed E-state index contributed by atoms with van der Waals surface area (Å²) in [5, 5.41) is 9.26. The summed E-state index contributed by atoms with van der Waals surface area (Å²) in [5.74, 6) is 7.53. The maximum atomic E-state index is 9.26. The van der Waals surface area contributed by atoms with Gasteiger partial charge in [-0.25, -0.2) is 15.8 Å². The van der Waals surface area contributed by atoms with Gasteiger partial charge in [-0.2, -0.15) is 0 Å². The van der Waals surface area contributed by atoms with Gasteiger partial charge >= 0.3 is 0 Å². The lowest BCUT2D eigenvalue weighted by Crippen LogP contribution is -2.24. The largest absolute Gasteiger partial charge is 0.393 e. The Kier molecular flexibility index (Phi) is 5.11. The van der Waals surface area contributed by atoms with Gasteiger partial charge < -0.3 is 15.4 Å². The van der Waals surface area contributed by atoms with E-state index in [-0.39, 0.29) is 6.10 Å². The summed E-state index contributed by atoms with van der Waals surface area (Å²) in [6, 6.07) is 1.79. The SMILES string of the molecule is CCc1nc(NN)cc(N(C)CCC(C)O)n1. The van der Waals surface area contributed by atoms with Crippen molar-refractivity contribution >= 4 is 11.6 Å². The number of rotatable bonds is 6. The molecule has 1 heterocycles. The number of aromatic nitrogens is 2. The summed E-state index contributed by atoms with van der Waals surface area (Å²) in [4.78, 5) is 10.6. The molecule has 0 amide bonds. The molecule has 0 fully saturated rings. The zero-order valence-corrected chi connectivity index (χ0v) is 10.6. The van der Waals surface area contributed by atoms with Gasteiger partial charge in [0.15, 0.2) is 0 Å². The van der Waals surface area contributed by atoms with E-state index >= 15 is 0 Å². The van der Waals surface area contributed by atoms with E-state index in [2.05, 4.69) is 15.4 Å². The summed E-state index contributed by atoms with van der Waals surface area (Å²) < 4.78 is 0. The van der Waals surface area contributed by atoms with E-state index < -0.39 is 0 Å². The number of hydrogen-bond acceptors (Lipinski definition) is 6. The fraction of sp³-hybridized carbons (Fsp3) is 0.636. The average molecular weight is 239 g/mol. The minimum atomic E-state index is -0.308. The first-order chi connectivity index (χ1) is 8.06. The summed E-state index contributed by atoms with van der Waals surface area (Å²) in [6.45, 7) is 4.51. The molecule has 6 nitrogen and oxygen atoms in total. The van der Waals surface area contributed by atoms with Crippen LogP contribution in [0, 0.1) is 0 Å². The Morgan fingerprint density at radius 3 is 2.76 bits per heavy atom. The molecular weight excluding hydrogens is 218 g/mol. The minimum absolute atomic E-state index is 0.308. The number of nitrogen functional groups attached to an aromatic ring is 1. The molecule has 0 aliphatic heterocycles. The van der Waals surface area contributed by atoms with E-state index in [0.29, 0.717) is 12.2 Å². The Morgan fingerprint density at radius 2 is 2.24 bits per heavy atom. The van der Waals surface area contributed by atoms with Crippen molar-refractivity contribution in [2.75, 3.05) is 23.9 Å². The molecule has 0 bridgehead atoms. The molecule has 0 aromatic carbocycles. The third kappa shape index (κ3) is 4.16. The van der Waals surface area contributed by atoms with Crippen LogP contribution in [0.1, 0.15) is 26.1 Å². The number of anilines is 2. The lowest BCUT2D eigenvalue weighted by molar-refractivity contribution is 0.187. The van der Waals surface area contributed by atoms with Crippen LogP contribution in [0.4, 0.5) is 11.6 Å². The van der Waals surface area contributed by atoms with Crippen LogP contribution in [0.2, 0.25) is 0 Å². The molecule has 1 atom stereocenters.